The molecule has 3 aromatic heterocycles. The van der Waals surface area contributed by atoms with Crippen LogP contribution in [0.1, 0.15) is 16.8 Å². The lowest BCUT2D eigenvalue weighted by molar-refractivity contribution is 0.102. The van der Waals surface area contributed by atoms with Crippen molar-refractivity contribution in [2.24, 2.45) is 0 Å². The summed E-state index contributed by atoms with van der Waals surface area (Å²) in [5.41, 5.74) is 1.90. The van der Waals surface area contributed by atoms with Crippen LogP contribution in [-0.4, -0.2) is 52.0 Å². The maximum atomic E-state index is 12.5. The van der Waals surface area contributed by atoms with E-state index in [1.165, 1.54) is 0 Å². The van der Waals surface area contributed by atoms with Crippen molar-refractivity contribution in [2.75, 3.05) is 35.3 Å². The van der Waals surface area contributed by atoms with E-state index in [2.05, 4.69) is 35.1 Å². The van der Waals surface area contributed by atoms with Crippen molar-refractivity contribution in [1.82, 2.24) is 19.9 Å². The molecule has 8 nitrogen and oxygen atoms in total. The molecule has 0 radical (unpaired) electrons. The number of rotatable bonds is 5. The lowest BCUT2D eigenvalue weighted by Crippen LogP contribution is -2.35. The summed E-state index contributed by atoms with van der Waals surface area (Å²) in [5, 5.41) is 4.30. The van der Waals surface area contributed by atoms with Gasteiger partial charge >= 0.3 is 0 Å². The van der Waals surface area contributed by atoms with Crippen LogP contribution in [0.25, 0.3) is 11.0 Å². The predicted octanol–water partition coefficient (Wildman–Crippen LogP) is 3.97. The summed E-state index contributed by atoms with van der Waals surface area (Å²) < 4.78 is 0. The van der Waals surface area contributed by atoms with E-state index in [1.807, 2.05) is 31.4 Å². The van der Waals surface area contributed by atoms with E-state index in [0.717, 1.165) is 42.2 Å². The Morgan fingerprint density at radius 3 is 2.88 bits per heavy atom. The van der Waals surface area contributed by atoms with Crippen LogP contribution in [0, 0.1) is 0 Å². The third kappa shape index (κ3) is 3.85. The lowest BCUT2D eigenvalue weighted by Gasteiger charge is -2.26. The Morgan fingerprint density at radius 1 is 1.19 bits per heavy atom. The van der Waals surface area contributed by atoms with E-state index >= 15 is 0 Å². The van der Waals surface area contributed by atoms with Crippen LogP contribution in [0.3, 0.4) is 0 Å². The van der Waals surface area contributed by atoms with Gasteiger partial charge in [-0.3, -0.25) is 4.79 Å². The smallest absolute Gasteiger partial charge is 0.257 e. The Bertz CT molecular complexity index is 1260. The average molecular weight is 448 g/mol. The first-order chi connectivity index (χ1) is 15.6. The van der Waals surface area contributed by atoms with Gasteiger partial charge in [-0.25, -0.2) is 15.0 Å². The maximum absolute atomic E-state index is 12.5. The van der Waals surface area contributed by atoms with Gasteiger partial charge in [0.15, 0.2) is 0 Å². The largest absolute Gasteiger partial charge is 0.355 e. The number of fused-ring (bicyclic) bond motifs is 1. The summed E-state index contributed by atoms with van der Waals surface area (Å²) in [6.07, 6.45) is 6.15. The fraction of sp³-hybridized carbons (Fsp3) is 0.217. The topological polar surface area (TPSA) is 90.0 Å². The Kier molecular flexibility index (Phi) is 5.36. The molecule has 1 saturated heterocycles. The fourth-order valence-electron chi connectivity index (χ4n) is 4.06. The van der Waals surface area contributed by atoms with E-state index in [0.29, 0.717) is 22.3 Å². The number of anilines is 3. The zero-order valence-corrected chi connectivity index (χ0v) is 18.3. The molecule has 4 heterocycles. The zero-order valence-electron chi connectivity index (χ0n) is 17.5. The minimum Gasteiger partial charge on any atom is -0.355 e. The third-order valence-corrected chi connectivity index (χ3v) is 6.16. The molecular weight excluding hydrogens is 426 g/mol. The number of pyridine rings is 1. The molecule has 1 unspecified atom stereocenters. The zero-order chi connectivity index (χ0) is 22.1. The summed E-state index contributed by atoms with van der Waals surface area (Å²) in [4.78, 5) is 33.4. The van der Waals surface area contributed by atoms with Crippen LogP contribution < -0.4 is 15.1 Å². The number of amides is 1. The van der Waals surface area contributed by atoms with Crippen molar-refractivity contribution in [3.05, 3.63) is 71.8 Å². The molecule has 5 rings (SSSR count). The van der Waals surface area contributed by atoms with Crippen molar-refractivity contribution >= 4 is 45.9 Å². The van der Waals surface area contributed by atoms with E-state index in [9.17, 15) is 4.79 Å². The molecule has 0 saturated carbocycles. The maximum Gasteiger partial charge on any atom is 0.257 e. The highest BCUT2D eigenvalue weighted by Gasteiger charge is 2.28. The van der Waals surface area contributed by atoms with Gasteiger partial charge in [0.05, 0.1) is 27.9 Å². The van der Waals surface area contributed by atoms with E-state index in [1.54, 1.807) is 36.8 Å². The summed E-state index contributed by atoms with van der Waals surface area (Å²) in [5.74, 6) is 1.55. The predicted molar refractivity (Wildman–Crippen MR) is 127 cm³/mol. The van der Waals surface area contributed by atoms with Crippen molar-refractivity contribution in [3.8, 4) is 0 Å². The highest BCUT2D eigenvalue weighted by Crippen LogP contribution is 2.28. The molecule has 1 fully saturated rings. The van der Waals surface area contributed by atoms with Crippen molar-refractivity contribution in [2.45, 2.75) is 12.5 Å². The van der Waals surface area contributed by atoms with Crippen LogP contribution in [0.5, 0.6) is 0 Å². The number of benzene rings is 1. The number of hydrogen-bond donors (Lipinski definition) is 2. The molecule has 4 aromatic rings. The van der Waals surface area contributed by atoms with Gasteiger partial charge in [0.25, 0.3) is 5.91 Å². The number of aromatic nitrogens is 4. The summed E-state index contributed by atoms with van der Waals surface area (Å²) >= 11 is 6.11. The number of aromatic amines is 1. The number of carbonyl (C=O) groups is 1. The molecule has 9 heteroatoms. The number of halogens is 1. The fourth-order valence-corrected chi connectivity index (χ4v) is 4.28. The molecule has 1 atom stereocenters. The Labute approximate surface area is 190 Å². The van der Waals surface area contributed by atoms with Crippen LogP contribution in [-0.2, 0) is 0 Å². The number of hydrogen-bond acceptors (Lipinski definition) is 6. The number of carbonyl (C=O) groups excluding carboxylic acids is 1. The lowest BCUT2D eigenvalue weighted by atomic mass is 10.2. The van der Waals surface area contributed by atoms with Crippen molar-refractivity contribution in [3.63, 3.8) is 0 Å². The molecule has 0 aliphatic carbocycles. The Morgan fingerprint density at radius 2 is 2.06 bits per heavy atom. The Hall–Kier alpha value is -3.65. The van der Waals surface area contributed by atoms with E-state index in [4.69, 9.17) is 11.6 Å². The van der Waals surface area contributed by atoms with Crippen molar-refractivity contribution in [1.29, 1.82) is 0 Å². The number of H-pyrrole nitrogens is 1. The van der Waals surface area contributed by atoms with Crippen LogP contribution in [0.15, 0.2) is 61.2 Å². The highest BCUT2D eigenvalue weighted by molar-refractivity contribution is 6.34. The number of nitrogens with one attached hydrogen (secondary N) is 2. The van der Waals surface area contributed by atoms with Gasteiger partial charge in [0.2, 0.25) is 0 Å². The minimum atomic E-state index is -0.258. The van der Waals surface area contributed by atoms with Crippen LogP contribution in [0.2, 0.25) is 5.02 Å². The number of nitrogens with zero attached hydrogens (tertiary/aromatic N) is 5. The molecule has 32 heavy (non-hydrogen) atoms. The number of likely N-dealkylation sites (N-methyl/N-ethyl adjacent to an activating group) is 1. The van der Waals surface area contributed by atoms with Gasteiger partial charge in [-0.15, -0.1) is 0 Å². The molecule has 2 N–H and O–H groups in total. The average Bonchev–Trinajstić information content (AvgIpc) is 3.49. The molecule has 0 spiro atoms. The normalized spacial score (nSPS) is 15.8. The molecule has 1 aliphatic rings. The van der Waals surface area contributed by atoms with Gasteiger partial charge in [-0.2, -0.15) is 0 Å². The molecule has 1 aromatic carbocycles. The molecule has 1 aliphatic heterocycles. The van der Waals surface area contributed by atoms with Gasteiger partial charge in [0, 0.05) is 32.4 Å². The monoisotopic (exact) mass is 447 g/mol. The summed E-state index contributed by atoms with van der Waals surface area (Å²) in [6.45, 7) is 1.76. The Balaban J connectivity index is 1.25. The first-order valence-corrected chi connectivity index (χ1v) is 10.8. The van der Waals surface area contributed by atoms with Gasteiger partial charge in [-0.1, -0.05) is 23.7 Å². The second kappa shape index (κ2) is 8.47. The van der Waals surface area contributed by atoms with E-state index in [-0.39, 0.29) is 5.91 Å². The van der Waals surface area contributed by atoms with Gasteiger partial charge in [0.1, 0.15) is 23.6 Å². The molecular formula is C23H22ClN7O. The standard InChI is InChI=1S/C23H22ClN7O/c1-30(16-9-11-31(13-16)22-18-8-10-25-21(18)27-14-28-22)20-7-6-15(12-26-20)29-23(32)17-4-2-3-5-19(17)24/h2-8,10,12,14,16H,9,11,13H2,1H3,(H,29,32)(H,25,27,28). The van der Waals surface area contributed by atoms with Gasteiger partial charge in [-0.05, 0) is 36.8 Å². The van der Waals surface area contributed by atoms with Crippen molar-refractivity contribution < 1.29 is 4.79 Å². The molecule has 162 valence electrons. The second-order valence-corrected chi connectivity index (χ2v) is 8.18. The molecule has 0 bridgehead atoms. The third-order valence-electron chi connectivity index (χ3n) is 5.83. The second-order valence-electron chi connectivity index (χ2n) is 7.78. The van der Waals surface area contributed by atoms with E-state index < -0.39 is 0 Å². The first kappa shape index (κ1) is 20.3. The summed E-state index contributed by atoms with van der Waals surface area (Å²) in [6, 6.07) is 13.0. The van der Waals surface area contributed by atoms with Crippen LogP contribution >= 0.6 is 11.6 Å². The summed E-state index contributed by atoms with van der Waals surface area (Å²) in [7, 11) is 2.05. The molecule has 1 amide bonds. The quantitative estimate of drug-likeness (QED) is 0.481. The van der Waals surface area contributed by atoms with Gasteiger partial charge < -0.3 is 20.1 Å². The SMILES string of the molecule is CN(c1ccc(NC(=O)c2ccccc2Cl)cn1)C1CCN(c2ncnc3[nH]ccc23)C1. The minimum absolute atomic E-state index is 0.258. The first-order valence-electron chi connectivity index (χ1n) is 10.4. The van der Waals surface area contributed by atoms with Crippen LogP contribution in [0.4, 0.5) is 17.3 Å². The highest BCUT2D eigenvalue weighted by atomic mass is 35.5.